The second-order valence-electron chi connectivity index (χ2n) is 3.66. The van der Waals surface area contributed by atoms with Crippen molar-refractivity contribution >= 4 is 22.1 Å². The lowest BCUT2D eigenvalue weighted by atomic mass is 10.2. The summed E-state index contributed by atoms with van der Waals surface area (Å²) < 4.78 is 0. The van der Waals surface area contributed by atoms with Gasteiger partial charge in [-0.15, -0.1) is 0 Å². The second-order valence-corrected chi connectivity index (χ2v) is 4.41. The van der Waals surface area contributed by atoms with Gasteiger partial charge in [-0.1, -0.05) is 29.8 Å². The smallest absolute Gasteiger partial charge is 0.000205 e. The lowest BCUT2D eigenvalue weighted by molar-refractivity contribution is 1.52. The molecule has 68 valence electrons. The Balaban J connectivity index is 2.48. The minimum absolute atomic E-state index is 1.31. The first kappa shape index (κ1) is 8.01. The highest BCUT2D eigenvalue weighted by Gasteiger charge is 2.07. The molecule has 1 aromatic rings. The van der Waals surface area contributed by atoms with Crippen LogP contribution >= 0.6 is 11.3 Å². The zero-order chi connectivity index (χ0) is 9.54. The predicted octanol–water partition coefficient (Wildman–Crippen LogP) is 4.31. The van der Waals surface area contributed by atoms with Gasteiger partial charge >= 0.3 is 0 Å². The summed E-state index contributed by atoms with van der Waals surface area (Å²) in [5.41, 5.74) is 4.02. The van der Waals surface area contributed by atoms with Crippen LogP contribution in [0.1, 0.15) is 5.56 Å². The Morgan fingerprint density at radius 1 is 1.00 bits per heavy atom. The Bertz CT molecular complexity index is 563. The SMILES string of the molecule is Cc1ccc2cc3cscc3c-2cc1. The van der Waals surface area contributed by atoms with E-state index in [0.29, 0.717) is 0 Å². The highest BCUT2D eigenvalue weighted by atomic mass is 32.1. The van der Waals surface area contributed by atoms with Crippen LogP contribution in [0.4, 0.5) is 0 Å². The maximum Gasteiger partial charge on any atom is 0.000205 e. The molecule has 0 atom stereocenters. The minimum Gasteiger partial charge on any atom is -0.151 e. The molecule has 0 amide bonds. The zero-order valence-corrected chi connectivity index (χ0v) is 8.77. The van der Waals surface area contributed by atoms with Crippen molar-refractivity contribution in [3.8, 4) is 11.1 Å². The minimum atomic E-state index is 1.31. The van der Waals surface area contributed by atoms with Gasteiger partial charge in [0.05, 0.1) is 0 Å². The average Bonchev–Trinajstić information content (AvgIpc) is 2.67. The normalized spacial score (nSPS) is 11.2. The number of hydrogen-bond acceptors (Lipinski definition) is 1. The van der Waals surface area contributed by atoms with Gasteiger partial charge in [-0.25, -0.2) is 0 Å². The molecule has 0 spiro atoms. The second kappa shape index (κ2) is 2.82. The van der Waals surface area contributed by atoms with E-state index < -0.39 is 0 Å². The number of aryl methyl sites for hydroxylation is 1. The molecule has 1 aromatic heterocycles. The number of fused-ring (bicyclic) bond motifs is 3. The van der Waals surface area contributed by atoms with Crippen molar-refractivity contribution in [3.05, 3.63) is 46.7 Å². The van der Waals surface area contributed by atoms with Crippen LogP contribution in [-0.4, -0.2) is 0 Å². The molecule has 0 bridgehead atoms. The van der Waals surface area contributed by atoms with E-state index in [0.717, 1.165) is 0 Å². The Morgan fingerprint density at radius 3 is 2.79 bits per heavy atom. The van der Waals surface area contributed by atoms with Crippen LogP contribution in [0, 0.1) is 6.92 Å². The van der Waals surface area contributed by atoms with Crippen LogP contribution in [0.3, 0.4) is 0 Å². The molecule has 14 heavy (non-hydrogen) atoms. The van der Waals surface area contributed by atoms with Crippen LogP contribution < -0.4 is 0 Å². The highest BCUT2D eigenvalue weighted by molar-refractivity contribution is 7.09. The molecular formula is C13H10S. The van der Waals surface area contributed by atoms with E-state index >= 15 is 0 Å². The third-order valence-corrected chi connectivity index (χ3v) is 3.40. The van der Waals surface area contributed by atoms with E-state index in [4.69, 9.17) is 0 Å². The van der Waals surface area contributed by atoms with Crippen LogP contribution in [-0.2, 0) is 0 Å². The van der Waals surface area contributed by atoms with Gasteiger partial charge in [0.1, 0.15) is 0 Å². The van der Waals surface area contributed by atoms with Gasteiger partial charge in [0.15, 0.2) is 0 Å². The molecule has 0 saturated carbocycles. The molecule has 0 unspecified atom stereocenters. The fraction of sp³-hybridized carbons (Fsp3) is 0.0769. The number of hydrogen-bond donors (Lipinski definition) is 0. The van der Waals surface area contributed by atoms with Crippen LogP contribution in [0.25, 0.3) is 21.9 Å². The molecule has 2 aliphatic rings. The fourth-order valence-electron chi connectivity index (χ4n) is 1.85. The number of rotatable bonds is 0. The monoisotopic (exact) mass is 198 g/mol. The van der Waals surface area contributed by atoms with Crippen molar-refractivity contribution < 1.29 is 0 Å². The van der Waals surface area contributed by atoms with E-state index in [2.05, 4.69) is 48.0 Å². The van der Waals surface area contributed by atoms with Crippen molar-refractivity contribution in [1.82, 2.24) is 0 Å². The van der Waals surface area contributed by atoms with Crippen LogP contribution in [0.2, 0.25) is 0 Å². The maximum absolute atomic E-state index is 2.26. The molecule has 0 aliphatic heterocycles. The van der Waals surface area contributed by atoms with Gasteiger partial charge in [-0.2, -0.15) is 11.3 Å². The fourth-order valence-corrected chi connectivity index (χ4v) is 2.66. The first-order chi connectivity index (χ1) is 6.84. The number of thiophene rings is 1. The van der Waals surface area contributed by atoms with Crippen molar-refractivity contribution in [2.75, 3.05) is 0 Å². The van der Waals surface area contributed by atoms with Gasteiger partial charge in [-0.05, 0) is 40.3 Å². The molecule has 0 fully saturated rings. The largest absolute Gasteiger partial charge is 0.151 e. The van der Waals surface area contributed by atoms with Crippen LogP contribution in [0.5, 0.6) is 0 Å². The Kier molecular flexibility index (Phi) is 1.62. The van der Waals surface area contributed by atoms with E-state index in [-0.39, 0.29) is 0 Å². The van der Waals surface area contributed by atoms with Gasteiger partial charge in [0.25, 0.3) is 0 Å². The molecule has 1 heteroatoms. The molecule has 3 rings (SSSR count). The van der Waals surface area contributed by atoms with E-state index in [9.17, 15) is 0 Å². The van der Waals surface area contributed by atoms with Gasteiger partial charge < -0.3 is 0 Å². The van der Waals surface area contributed by atoms with Crippen molar-refractivity contribution in [1.29, 1.82) is 0 Å². The van der Waals surface area contributed by atoms with Gasteiger partial charge in [-0.3, -0.25) is 0 Å². The summed E-state index contributed by atoms with van der Waals surface area (Å²) in [6, 6.07) is 11.0. The Hall–Kier alpha value is -1.34. The molecule has 0 saturated heterocycles. The standard InChI is InChI=1S/C13H10S/c1-9-2-4-10-6-11-7-14-8-13(11)12(10)5-3-9/h2-8H,1H3. The molecule has 0 nitrogen and oxygen atoms in total. The first-order valence-corrected chi connectivity index (χ1v) is 5.64. The van der Waals surface area contributed by atoms with Crippen molar-refractivity contribution in [2.45, 2.75) is 6.92 Å². The third-order valence-electron chi connectivity index (χ3n) is 2.64. The van der Waals surface area contributed by atoms with Gasteiger partial charge in [0, 0.05) is 5.39 Å². The average molecular weight is 198 g/mol. The Labute approximate surface area is 87.2 Å². The summed E-state index contributed by atoms with van der Waals surface area (Å²) in [6.45, 7) is 2.13. The van der Waals surface area contributed by atoms with E-state index in [1.165, 1.54) is 27.5 Å². The summed E-state index contributed by atoms with van der Waals surface area (Å²) in [7, 11) is 0. The van der Waals surface area contributed by atoms with Crippen LogP contribution in [0.15, 0.2) is 41.1 Å². The molecule has 0 aromatic carbocycles. The highest BCUT2D eigenvalue weighted by Crippen LogP contribution is 2.35. The van der Waals surface area contributed by atoms with Crippen molar-refractivity contribution in [2.24, 2.45) is 0 Å². The summed E-state index contributed by atoms with van der Waals surface area (Å²) in [4.78, 5) is 0. The lowest BCUT2D eigenvalue weighted by Gasteiger charge is -1.89. The maximum atomic E-state index is 2.26. The topological polar surface area (TPSA) is 0 Å². The molecular weight excluding hydrogens is 188 g/mol. The summed E-state index contributed by atoms with van der Waals surface area (Å²) in [5.74, 6) is 0. The quantitative estimate of drug-likeness (QED) is 0.505. The summed E-state index contributed by atoms with van der Waals surface area (Å²) in [6.07, 6.45) is 0. The lowest BCUT2D eigenvalue weighted by Crippen LogP contribution is -1.62. The molecule has 0 N–H and O–H groups in total. The summed E-state index contributed by atoms with van der Waals surface area (Å²) in [5, 5.41) is 7.20. The Morgan fingerprint density at radius 2 is 1.86 bits per heavy atom. The van der Waals surface area contributed by atoms with E-state index in [1.54, 1.807) is 11.3 Å². The molecule has 2 aliphatic carbocycles. The third kappa shape index (κ3) is 1.06. The predicted molar refractivity (Wildman–Crippen MR) is 63.2 cm³/mol. The molecule has 0 radical (unpaired) electrons. The first-order valence-electron chi connectivity index (χ1n) is 4.70. The zero-order valence-electron chi connectivity index (χ0n) is 7.95. The summed E-state index contributed by atoms with van der Waals surface area (Å²) >= 11 is 1.78. The van der Waals surface area contributed by atoms with Gasteiger partial charge in [0.2, 0.25) is 0 Å². The van der Waals surface area contributed by atoms with Crippen molar-refractivity contribution in [3.63, 3.8) is 0 Å². The van der Waals surface area contributed by atoms with E-state index in [1.807, 2.05) is 0 Å². The molecule has 1 heterocycles.